The quantitative estimate of drug-likeness (QED) is 0.102. The third-order valence-corrected chi connectivity index (χ3v) is 21.2. The van der Waals surface area contributed by atoms with Crippen LogP contribution in [0.5, 0.6) is 0 Å². The number of anilines is 3. The van der Waals surface area contributed by atoms with Gasteiger partial charge in [-0.3, -0.25) is 0 Å². The van der Waals surface area contributed by atoms with Gasteiger partial charge < -0.3 is 4.90 Å². The molecule has 338 valence electrons. The van der Waals surface area contributed by atoms with Crippen molar-refractivity contribution in [3.8, 4) is 33.4 Å². The molecular weight excluding hydrogens is 974 g/mol. The Hall–Kier alpha value is -7.61. The van der Waals surface area contributed by atoms with Crippen LogP contribution in [-0.4, -0.2) is 15.7 Å². The standard InChI is InChI=1S/C67H48IN3/c1-4-18-44(19-5-1)65-66-58(43-69-68(71(65)66)54-28-6-2-7-29-54)53-27-17-26-47(37-53)45-24-16-25-46(36-45)52-34-35-57-56-32-14-15-33-59(56)67(60(57)38-52)61-39-48-20-10-12-22-50(48)41-63(61)70(55-30-8-3-9-31-55)64-42-51-23-13-11-21-49(51)40-62(64)67/h1-42,58,65-66,69H,43H2. The van der Waals surface area contributed by atoms with Gasteiger partial charge in [0.1, 0.15) is 0 Å². The van der Waals surface area contributed by atoms with Crippen molar-refractivity contribution in [2.45, 2.75) is 23.4 Å². The van der Waals surface area contributed by atoms with E-state index in [-0.39, 0.29) is 0 Å². The SMILES string of the molecule is c1ccc(C2C3C(c4cccc(-c5cccc(-c6ccc7c(c6)C6(c8ccccc8-7)c7cc8ccccc8cc7N(c7ccccc7)c7cc8ccccc8cc76)c5)c4)CNI(c4ccccc4)N23)cc1. The van der Waals surface area contributed by atoms with Crippen molar-refractivity contribution in [3.63, 3.8) is 0 Å². The summed E-state index contributed by atoms with van der Waals surface area (Å²) in [5.41, 5.74) is 18.6. The zero-order chi connectivity index (χ0) is 46.6. The van der Waals surface area contributed by atoms with Crippen molar-refractivity contribution < 1.29 is 0 Å². The maximum absolute atomic E-state index is 4.14. The van der Waals surface area contributed by atoms with Gasteiger partial charge in [0.15, 0.2) is 0 Å². The van der Waals surface area contributed by atoms with Crippen LogP contribution in [0.3, 0.4) is 0 Å². The van der Waals surface area contributed by atoms with E-state index in [4.69, 9.17) is 0 Å². The Morgan fingerprint density at radius 2 is 0.915 bits per heavy atom. The molecule has 4 heteroatoms. The number of nitrogens with one attached hydrogen (secondary N) is 1. The van der Waals surface area contributed by atoms with Crippen molar-refractivity contribution in [2.75, 3.05) is 11.4 Å². The predicted molar refractivity (Wildman–Crippen MR) is 303 cm³/mol. The predicted octanol–water partition coefficient (Wildman–Crippen LogP) is 16.8. The van der Waals surface area contributed by atoms with Gasteiger partial charge in [-0.2, -0.15) is 0 Å². The molecule has 1 N–H and O–H groups in total. The number of halogens is 1. The second kappa shape index (κ2) is 16.2. The van der Waals surface area contributed by atoms with Gasteiger partial charge in [0, 0.05) is 5.69 Å². The molecule has 1 spiro atoms. The van der Waals surface area contributed by atoms with E-state index in [9.17, 15) is 0 Å². The summed E-state index contributed by atoms with van der Waals surface area (Å²) in [5, 5.41) is 4.95. The zero-order valence-electron chi connectivity index (χ0n) is 39.0. The first-order valence-corrected chi connectivity index (χ1v) is 28.0. The molecule has 1 aliphatic carbocycles. The molecule has 0 saturated carbocycles. The van der Waals surface area contributed by atoms with Crippen molar-refractivity contribution in [1.82, 2.24) is 6.64 Å². The Labute approximate surface area is 422 Å². The van der Waals surface area contributed by atoms with Crippen LogP contribution in [0.2, 0.25) is 0 Å². The third-order valence-electron chi connectivity index (χ3n) is 15.8. The van der Waals surface area contributed by atoms with E-state index in [1.807, 2.05) is 0 Å². The Bertz CT molecular complexity index is 3800. The van der Waals surface area contributed by atoms with Crippen molar-refractivity contribution in [2.24, 2.45) is 0 Å². The Kier molecular flexibility index (Phi) is 9.41. The first kappa shape index (κ1) is 41.2. The molecule has 71 heavy (non-hydrogen) atoms. The number of para-hydroxylation sites is 1. The minimum absolute atomic E-state index is 0.392. The van der Waals surface area contributed by atoms with Gasteiger partial charge in [0.2, 0.25) is 0 Å². The number of hydrogen-bond donors (Lipinski definition) is 1. The number of hydrogen-bond acceptors (Lipinski definition) is 3. The summed E-state index contributed by atoms with van der Waals surface area (Å²) in [6.07, 6.45) is 0. The second-order valence-corrected chi connectivity index (χ2v) is 24.2. The van der Waals surface area contributed by atoms with E-state index < -0.39 is 25.8 Å². The summed E-state index contributed by atoms with van der Waals surface area (Å²) in [4.78, 5) is 2.52. The summed E-state index contributed by atoms with van der Waals surface area (Å²) in [6, 6.07) is 97.1. The minimum atomic E-state index is -1.77. The number of nitrogens with zero attached hydrogens (tertiary/aromatic N) is 2. The van der Waals surface area contributed by atoms with Gasteiger partial charge in [-0.15, -0.1) is 0 Å². The molecule has 0 radical (unpaired) electrons. The van der Waals surface area contributed by atoms with Crippen LogP contribution in [0, 0.1) is 3.57 Å². The van der Waals surface area contributed by atoms with Crippen LogP contribution in [0.4, 0.5) is 17.1 Å². The summed E-state index contributed by atoms with van der Waals surface area (Å²) < 4.78 is 8.47. The van der Waals surface area contributed by atoms with Gasteiger partial charge in [-0.25, -0.2) is 0 Å². The van der Waals surface area contributed by atoms with E-state index in [1.54, 1.807) is 0 Å². The number of rotatable bonds is 6. The van der Waals surface area contributed by atoms with Gasteiger partial charge >= 0.3 is 221 Å². The van der Waals surface area contributed by atoms with Crippen LogP contribution in [0.1, 0.15) is 45.3 Å². The first-order valence-electron chi connectivity index (χ1n) is 24.9. The van der Waals surface area contributed by atoms with Crippen LogP contribution in [-0.2, 0) is 5.41 Å². The summed E-state index contributed by atoms with van der Waals surface area (Å²) in [6.45, 7) is 0.994. The fourth-order valence-electron chi connectivity index (χ4n) is 12.6. The van der Waals surface area contributed by atoms with Crippen molar-refractivity contribution in [1.29, 1.82) is 0 Å². The van der Waals surface area contributed by atoms with Gasteiger partial charge in [0.05, 0.1) is 16.8 Å². The second-order valence-electron chi connectivity index (χ2n) is 19.6. The van der Waals surface area contributed by atoms with Crippen LogP contribution < -0.4 is 8.43 Å². The zero-order valence-corrected chi connectivity index (χ0v) is 41.1. The van der Waals surface area contributed by atoms with Crippen LogP contribution in [0.25, 0.3) is 54.9 Å². The van der Waals surface area contributed by atoms with Gasteiger partial charge in [-0.1, -0.05) is 91.0 Å². The van der Waals surface area contributed by atoms with E-state index in [1.165, 1.54) is 103 Å². The molecule has 4 aliphatic rings. The molecule has 0 amide bonds. The molecule has 2 saturated heterocycles. The molecule has 15 rings (SSSR count). The molecule has 0 aromatic heterocycles. The molecule has 11 aromatic carbocycles. The monoisotopic (exact) mass is 1020 g/mol. The van der Waals surface area contributed by atoms with Crippen LogP contribution in [0.15, 0.2) is 255 Å². The molecule has 4 unspecified atom stereocenters. The fraction of sp³-hybridized carbons (Fsp3) is 0.0746. The molecule has 11 aromatic rings. The van der Waals surface area contributed by atoms with E-state index in [2.05, 4.69) is 266 Å². The topological polar surface area (TPSA) is 18.3 Å². The normalized spacial score (nSPS) is 19.4. The third kappa shape index (κ3) is 6.34. The number of fused-ring (bicyclic) bond motifs is 12. The fourth-order valence-corrected chi connectivity index (χ4v) is 18.5. The van der Waals surface area contributed by atoms with E-state index in [0.29, 0.717) is 18.0 Å². The number of benzene rings is 11. The molecule has 4 atom stereocenters. The molecule has 3 nitrogen and oxygen atoms in total. The molecule has 0 bridgehead atoms. The van der Waals surface area contributed by atoms with Gasteiger partial charge in [-0.05, 0) is 85.8 Å². The Morgan fingerprint density at radius 3 is 1.59 bits per heavy atom. The average molecular weight is 1020 g/mol. The molecule has 3 aliphatic heterocycles. The van der Waals surface area contributed by atoms with E-state index >= 15 is 0 Å². The molecular formula is C67H48IN3. The summed E-state index contributed by atoms with van der Waals surface area (Å²) in [5.74, 6) is 0.392. The van der Waals surface area contributed by atoms with E-state index in [0.717, 1.165) is 12.2 Å². The Balaban J connectivity index is 0.875. The average Bonchev–Trinajstić information content (AvgIpc) is 4.13. The van der Waals surface area contributed by atoms with Crippen molar-refractivity contribution >= 4 is 59.0 Å². The molecule has 3 heterocycles. The van der Waals surface area contributed by atoms with Crippen molar-refractivity contribution in [3.05, 3.63) is 292 Å². The van der Waals surface area contributed by atoms with Gasteiger partial charge in [0.25, 0.3) is 0 Å². The maximum atomic E-state index is 4.14. The summed E-state index contributed by atoms with van der Waals surface area (Å²) in [7, 11) is 0. The van der Waals surface area contributed by atoms with Crippen LogP contribution >= 0.6 is 20.4 Å². The first-order chi connectivity index (χ1) is 35.2. The molecule has 2 fully saturated rings. The summed E-state index contributed by atoms with van der Waals surface area (Å²) >= 11 is -1.77. The Morgan fingerprint density at radius 1 is 0.394 bits per heavy atom.